The molecule has 5 nitrogen and oxygen atoms in total. The average molecular weight is 237 g/mol. The molecule has 1 aliphatic heterocycles. The van der Waals surface area contributed by atoms with Crippen molar-refractivity contribution in [2.75, 3.05) is 21.3 Å². The van der Waals surface area contributed by atoms with E-state index in [9.17, 15) is 0 Å². The van der Waals surface area contributed by atoms with Gasteiger partial charge in [0.1, 0.15) is 0 Å². The Morgan fingerprint density at radius 3 is 2.53 bits per heavy atom. The minimum atomic E-state index is 0.284. The molecule has 94 valence electrons. The van der Waals surface area contributed by atoms with Crippen molar-refractivity contribution >= 4 is 0 Å². The van der Waals surface area contributed by atoms with Gasteiger partial charge in [-0.05, 0) is 31.2 Å². The van der Waals surface area contributed by atoms with Gasteiger partial charge < -0.3 is 14.8 Å². The molecule has 0 radical (unpaired) electrons. The van der Waals surface area contributed by atoms with Crippen LogP contribution in [0.5, 0.6) is 11.5 Å². The van der Waals surface area contributed by atoms with Crippen molar-refractivity contribution < 1.29 is 9.47 Å². The Morgan fingerprint density at radius 2 is 1.94 bits per heavy atom. The molecule has 2 unspecified atom stereocenters. The molecule has 0 amide bonds. The third-order valence-electron chi connectivity index (χ3n) is 3.06. The van der Waals surface area contributed by atoms with Crippen LogP contribution >= 0.6 is 0 Å². The van der Waals surface area contributed by atoms with Gasteiger partial charge in [0.25, 0.3) is 0 Å². The van der Waals surface area contributed by atoms with Crippen LogP contribution in [-0.4, -0.2) is 27.4 Å². The van der Waals surface area contributed by atoms with E-state index in [2.05, 4.69) is 22.2 Å². The van der Waals surface area contributed by atoms with Crippen molar-refractivity contribution in [1.29, 1.82) is 0 Å². The van der Waals surface area contributed by atoms with Crippen molar-refractivity contribution in [3.63, 3.8) is 0 Å². The maximum Gasteiger partial charge on any atom is 0.161 e. The first kappa shape index (κ1) is 12.2. The fraction of sp³-hybridized carbons (Fsp3) is 0.500. The van der Waals surface area contributed by atoms with Gasteiger partial charge >= 0.3 is 0 Å². The number of methoxy groups -OCH3 is 2. The van der Waals surface area contributed by atoms with Crippen LogP contribution in [-0.2, 0) is 0 Å². The van der Waals surface area contributed by atoms with Gasteiger partial charge in [-0.2, -0.15) is 0 Å². The summed E-state index contributed by atoms with van der Waals surface area (Å²) in [5.41, 5.74) is 7.63. The molecular formula is C12H19N3O2. The third-order valence-corrected chi connectivity index (χ3v) is 3.06. The minimum absolute atomic E-state index is 0.284. The predicted octanol–water partition coefficient (Wildman–Crippen LogP) is 0.788. The Hall–Kier alpha value is -1.30. The normalized spacial score (nSPS) is 23.7. The monoisotopic (exact) mass is 237 g/mol. The summed E-state index contributed by atoms with van der Waals surface area (Å²) in [6, 6.07) is 6.28. The highest BCUT2D eigenvalue weighted by Gasteiger charge is 2.24. The van der Waals surface area contributed by atoms with Crippen LogP contribution in [0.4, 0.5) is 0 Å². The summed E-state index contributed by atoms with van der Waals surface area (Å²) < 4.78 is 10.5. The SMILES string of the molecule is CNC1CC(c2ccc(OC)c(OC)c2)NN1. The van der Waals surface area contributed by atoms with Crippen molar-refractivity contribution in [3.8, 4) is 11.5 Å². The van der Waals surface area contributed by atoms with Crippen molar-refractivity contribution in [2.24, 2.45) is 0 Å². The topological polar surface area (TPSA) is 54.5 Å². The summed E-state index contributed by atoms with van der Waals surface area (Å²) >= 11 is 0. The lowest BCUT2D eigenvalue weighted by molar-refractivity contribution is 0.354. The number of hydrogen-bond acceptors (Lipinski definition) is 5. The zero-order valence-electron chi connectivity index (χ0n) is 10.4. The van der Waals surface area contributed by atoms with Gasteiger partial charge in [0.05, 0.1) is 20.4 Å². The fourth-order valence-corrected chi connectivity index (χ4v) is 2.03. The van der Waals surface area contributed by atoms with E-state index in [0.29, 0.717) is 6.17 Å². The standard InChI is InChI=1S/C12H19N3O2/c1-13-12-7-9(14-15-12)8-4-5-10(16-2)11(6-8)17-3/h4-6,9,12-15H,7H2,1-3H3. The lowest BCUT2D eigenvalue weighted by Gasteiger charge is -2.13. The first-order chi connectivity index (χ1) is 8.28. The second-order valence-electron chi connectivity index (χ2n) is 4.03. The molecule has 5 heteroatoms. The molecule has 1 fully saturated rings. The number of hydrogen-bond donors (Lipinski definition) is 3. The smallest absolute Gasteiger partial charge is 0.161 e. The fourth-order valence-electron chi connectivity index (χ4n) is 2.03. The maximum absolute atomic E-state index is 5.30. The Labute approximate surface area is 101 Å². The molecule has 0 saturated carbocycles. The quantitative estimate of drug-likeness (QED) is 0.723. The number of benzene rings is 1. The molecule has 1 aromatic rings. The van der Waals surface area contributed by atoms with E-state index in [1.54, 1.807) is 14.2 Å². The van der Waals surface area contributed by atoms with E-state index in [-0.39, 0.29) is 6.04 Å². The van der Waals surface area contributed by atoms with Gasteiger partial charge in [-0.3, -0.25) is 0 Å². The lowest BCUT2D eigenvalue weighted by Crippen LogP contribution is -2.38. The van der Waals surface area contributed by atoms with Crippen LogP contribution in [0.1, 0.15) is 18.0 Å². The molecule has 3 N–H and O–H groups in total. The van der Waals surface area contributed by atoms with Gasteiger partial charge in [0.2, 0.25) is 0 Å². The summed E-state index contributed by atoms with van der Waals surface area (Å²) in [6.07, 6.45) is 1.29. The molecule has 0 aromatic heterocycles. The van der Waals surface area contributed by atoms with Crippen LogP contribution < -0.4 is 25.6 Å². The summed E-state index contributed by atoms with van der Waals surface area (Å²) in [4.78, 5) is 0. The maximum atomic E-state index is 5.30. The summed E-state index contributed by atoms with van der Waals surface area (Å²) in [7, 11) is 5.23. The summed E-state index contributed by atoms with van der Waals surface area (Å²) in [6.45, 7) is 0. The van der Waals surface area contributed by atoms with Gasteiger partial charge in [-0.1, -0.05) is 6.07 Å². The summed E-state index contributed by atoms with van der Waals surface area (Å²) in [5.74, 6) is 1.52. The highest BCUT2D eigenvalue weighted by molar-refractivity contribution is 5.43. The van der Waals surface area contributed by atoms with Crippen LogP contribution in [0.15, 0.2) is 18.2 Å². The molecule has 1 heterocycles. The molecule has 0 bridgehead atoms. The molecule has 0 aliphatic carbocycles. The number of ether oxygens (including phenoxy) is 2. The second-order valence-corrected chi connectivity index (χ2v) is 4.03. The Bertz CT molecular complexity index is 384. The van der Waals surface area contributed by atoms with Crippen LogP contribution in [0, 0.1) is 0 Å². The van der Waals surface area contributed by atoms with Gasteiger partial charge in [-0.15, -0.1) is 0 Å². The van der Waals surface area contributed by atoms with E-state index in [1.807, 2.05) is 19.2 Å². The molecule has 17 heavy (non-hydrogen) atoms. The first-order valence-corrected chi connectivity index (χ1v) is 5.68. The first-order valence-electron chi connectivity index (χ1n) is 5.68. The van der Waals surface area contributed by atoms with E-state index >= 15 is 0 Å². The zero-order chi connectivity index (χ0) is 12.3. The highest BCUT2D eigenvalue weighted by Crippen LogP contribution is 2.31. The largest absolute Gasteiger partial charge is 0.493 e. The Kier molecular flexibility index (Phi) is 3.83. The molecule has 0 spiro atoms. The average Bonchev–Trinajstić information content (AvgIpc) is 2.86. The highest BCUT2D eigenvalue weighted by atomic mass is 16.5. The van der Waals surface area contributed by atoms with Crippen molar-refractivity contribution in [3.05, 3.63) is 23.8 Å². The lowest BCUT2D eigenvalue weighted by atomic mass is 10.0. The minimum Gasteiger partial charge on any atom is -0.493 e. The second kappa shape index (κ2) is 5.35. The van der Waals surface area contributed by atoms with Crippen molar-refractivity contribution in [1.82, 2.24) is 16.2 Å². The number of nitrogens with one attached hydrogen (secondary N) is 3. The molecule has 2 rings (SSSR count). The summed E-state index contributed by atoms with van der Waals surface area (Å²) in [5, 5.41) is 3.19. The molecule has 1 aliphatic rings. The van der Waals surface area contributed by atoms with E-state index in [0.717, 1.165) is 17.9 Å². The van der Waals surface area contributed by atoms with E-state index in [4.69, 9.17) is 9.47 Å². The molecular weight excluding hydrogens is 218 g/mol. The predicted molar refractivity (Wildman–Crippen MR) is 66.0 cm³/mol. The molecule has 2 atom stereocenters. The van der Waals surface area contributed by atoms with Gasteiger partial charge in [0.15, 0.2) is 11.5 Å². The Balaban J connectivity index is 2.16. The van der Waals surface area contributed by atoms with E-state index < -0.39 is 0 Å². The van der Waals surface area contributed by atoms with Gasteiger partial charge in [0, 0.05) is 6.04 Å². The van der Waals surface area contributed by atoms with Crippen LogP contribution in [0.25, 0.3) is 0 Å². The third kappa shape index (κ3) is 2.52. The molecule has 1 aromatic carbocycles. The van der Waals surface area contributed by atoms with Crippen LogP contribution in [0.2, 0.25) is 0 Å². The number of hydrazine groups is 1. The molecule has 1 saturated heterocycles. The van der Waals surface area contributed by atoms with Crippen molar-refractivity contribution in [2.45, 2.75) is 18.6 Å². The van der Waals surface area contributed by atoms with Gasteiger partial charge in [-0.25, -0.2) is 10.9 Å². The van der Waals surface area contributed by atoms with E-state index in [1.165, 1.54) is 5.56 Å². The Morgan fingerprint density at radius 1 is 1.18 bits per heavy atom. The van der Waals surface area contributed by atoms with Crippen LogP contribution in [0.3, 0.4) is 0 Å². The number of rotatable bonds is 4. The zero-order valence-corrected chi connectivity index (χ0v) is 10.4.